The molecule has 27 heavy (non-hydrogen) atoms. The summed E-state index contributed by atoms with van der Waals surface area (Å²) in [5.41, 5.74) is 9.95. The maximum atomic E-state index is 2.58. The lowest BCUT2D eigenvalue weighted by Gasteiger charge is -2.44. The van der Waals surface area contributed by atoms with E-state index < -0.39 is 8.07 Å². The monoisotopic (exact) mass is 374 g/mol. The molecule has 0 aromatic heterocycles. The van der Waals surface area contributed by atoms with E-state index in [4.69, 9.17) is 0 Å². The minimum Gasteiger partial charge on any atom is -0.0733 e. The normalized spacial score (nSPS) is 20.3. The Balaban J connectivity index is 2.41. The van der Waals surface area contributed by atoms with Crippen LogP contribution in [0.1, 0.15) is 49.9 Å². The van der Waals surface area contributed by atoms with Crippen molar-refractivity contribution < 1.29 is 0 Å². The van der Waals surface area contributed by atoms with E-state index in [9.17, 15) is 0 Å². The van der Waals surface area contributed by atoms with Gasteiger partial charge in [-0.3, -0.25) is 0 Å². The van der Waals surface area contributed by atoms with Gasteiger partial charge in [-0.1, -0.05) is 99.7 Å². The summed E-state index contributed by atoms with van der Waals surface area (Å²) in [6, 6.07) is 14.4. The number of rotatable bonds is 3. The van der Waals surface area contributed by atoms with Gasteiger partial charge in [-0.15, -0.1) is 0 Å². The second kappa shape index (κ2) is 6.63. The lowest BCUT2D eigenvalue weighted by Crippen LogP contribution is -2.63. The van der Waals surface area contributed by atoms with Crippen LogP contribution in [0.2, 0.25) is 11.6 Å². The van der Waals surface area contributed by atoms with E-state index in [1.165, 1.54) is 33.4 Å². The number of allylic oxidation sites excluding steroid dienone is 4. The first kappa shape index (κ1) is 19.9. The van der Waals surface area contributed by atoms with Crippen LogP contribution in [0, 0.1) is 27.7 Å². The zero-order valence-corrected chi connectivity index (χ0v) is 19.5. The fourth-order valence-corrected chi connectivity index (χ4v) is 10.2. The Hall–Kier alpha value is -1.86. The van der Waals surface area contributed by atoms with Crippen molar-refractivity contribution in [1.82, 2.24) is 0 Å². The number of hydrogen-bond acceptors (Lipinski definition) is 0. The molecule has 2 aromatic carbocycles. The van der Waals surface area contributed by atoms with Crippen molar-refractivity contribution in [3.05, 3.63) is 81.4 Å². The van der Waals surface area contributed by atoms with Crippen molar-refractivity contribution >= 4 is 18.4 Å². The molecule has 0 bridgehead atoms. The summed E-state index contributed by atoms with van der Waals surface area (Å²) >= 11 is 0. The molecule has 1 unspecified atom stereocenters. The first-order valence-corrected chi connectivity index (χ1v) is 12.5. The van der Waals surface area contributed by atoms with Gasteiger partial charge in [0.1, 0.15) is 8.07 Å². The van der Waals surface area contributed by atoms with Crippen molar-refractivity contribution in [2.75, 3.05) is 0 Å². The first-order chi connectivity index (χ1) is 12.5. The summed E-state index contributed by atoms with van der Waals surface area (Å²) in [7, 11) is -2.10. The average molecular weight is 375 g/mol. The van der Waals surface area contributed by atoms with Crippen LogP contribution in [0.4, 0.5) is 0 Å². The molecular weight excluding hydrogens is 340 g/mol. The SMILES string of the molecule is CC1=CC(C)([Si](C)(c2cc(C)cc(C)c2)c2cc(C)cc(C)c2)C(C)=C1C. The maximum absolute atomic E-state index is 2.58. The van der Waals surface area contributed by atoms with Gasteiger partial charge in [0.2, 0.25) is 0 Å². The second-order valence-corrected chi connectivity index (χ2v) is 13.6. The molecule has 142 valence electrons. The zero-order chi connectivity index (χ0) is 20.1. The van der Waals surface area contributed by atoms with E-state index in [0.717, 1.165) is 0 Å². The molecule has 0 N–H and O–H groups in total. The van der Waals surface area contributed by atoms with E-state index in [2.05, 4.69) is 104 Å². The van der Waals surface area contributed by atoms with Crippen LogP contribution in [-0.2, 0) is 0 Å². The van der Waals surface area contributed by atoms with E-state index in [1.54, 1.807) is 15.9 Å². The fourth-order valence-electron chi connectivity index (χ4n) is 5.15. The van der Waals surface area contributed by atoms with Crippen LogP contribution >= 0.6 is 0 Å². The molecule has 1 heteroatoms. The fraction of sp³-hybridized carbons (Fsp3) is 0.385. The Morgan fingerprint density at radius 2 is 1.00 bits per heavy atom. The predicted octanol–water partition coefficient (Wildman–Crippen LogP) is 6.17. The molecular formula is C26H34Si. The van der Waals surface area contributed by atoms with Gasteiger partial charge in [-0.25, -0.2) is 0 Å². The summed E-state index contributed by atoms with van der Waals surface area (Å²) in [4.78, 5) is 0. The molecule has 0 spiro atoms. The third kappa shape index (κ3) is 3.06. The number of aryl methyl sites for hydroxylation is 4. The van der Waals surface area contributed by atoms with Crippen LogP contribution in [0.5, 0.6) is 0 Å². The van der Waals surface area contributed by atoms with Crippen LogP contribution < -0.4 is 10.4 Å². The molecule has 1 aliphatic rings. The summed E-state index contributed by atoms with van der Waals surface area (Å²) in [6.45, 7) is 20.9. The van der Waals surface area contributed by atoms with Crippen molar-refractivity contribution in [3.8, 4) is 0 Å². The third-order valence-electron chi connectivity index (χ3n) is 7.07. The van der Waals surface area contributed by atoms with Gasteiger partial charge in [-0.05, 0) is 54.0 Å². The molecule has 1 aliphatic carbocycles. The van der Waals surface area contributed by atoms with Crippen LogP contribution in [0.25, 0.3) is 0 Å². The lowest BCUT2D eigenvalue weighted by molar-refractivity contribution is 0.864. The zero-order valence-electron chi connectivity index (χ0n) is 18.5. The van der Waals surface area contributed by atoms with Gasteiger partial charge in [0.15, 0.2) is 0 Å². The minimum atomic E-state index is -2.10. The van der Waals surface area contributed by atoms with Gasteiger partial charge in [0, 0.05) is 5.04 Å². The molecule has 1 atom stereocenters. The average Bonchev–Trinajstić information content (AvgIpc) is 2.76. The van der Waals surface area contributed by atoms with Crippen molar-refractivity contribution in [2.24, 2.45) is 0 Å². The van der Waals surface area contributed by atoms with Crippen LogP contribution in [0.3, 0.4) is 0 Å². The van der Waals surface area contributed by atoms with Crippen molar-refractivity contribution in [1.29, 1.82) is 0 Å². The highest BCUT2D eigenvalue weighted by Gasteiger charge is 2.51. The van der Waals surface area contributed by atoms with Crippen LogP contribution in [-0.4, -0.2) is 8.07 Å². The van der Waals surface area contributed by atoms with Gasteiger partial charge < -0.3 is 0 Å². The summed E-state index contributed by atoms with van der Waals surface area (Å²) in [5.74, 6) is 0. The molecule has 3 rings (SSSR count). The van der Waals surface area contributed by atoms with E-state index in [-0.39, 0.29) is 5.04 Å². The number of benzene rings is 2. The molecule has 0 saturated carbocycles. The van der Waals surface area contributed by atoms with E-state index in [1.807, 2.05) is 0 Å². The standard InChI is InChI=1S/C26H34Si/c1-17-10-18(2)13-24(12-17)27(9,25-14-19(3)11-20(4)15-25)26(8)16-21(5)22(6)23(26)7/h10-16H,1-9H3. The first-order valence-electron chi connectivity index (χ1n) is 10.0. The Bertz CT molecular complexity index is 882. The largest absolute Gasteiger partial charge is 0.128 e. The van der Waals surface area contributed by atoms with Gasteiger partial charge in [-0.2, -0.15) is 0 Å². The molecule has 0 saturated heterocycles. The highest BCUT2D eigenvalue weighted by Crippen LogP contribution is 2.52. The van der Waals surface area contributed by atoms with Crippen LogP contribution in [0.15, 0.2) is 59.2 Å². The van der Waals surface area contributed by atoms with Crippen molar-refractivity contribution in [3.63, 3.8) is 0 Å². The van der Waals surface area contributed by atoms with Gasteiger partial charge in [0.25, 0.3) is 0 Å². The topological polar surface area (TPSA) is 0 Å². The van der Waals surface area contributed by atoms with E-state index >= 15 is 0 Å². The quantitative estimate of drug-likeness (QED) is 0.564. The number of hydrogen-bond donors (Lipinski definition) is 0. The van der Waals surface area contributed by atoms with Gasteiger partial charge >= 0.3 is 0 Å². The minimum absolute atomic E-state index is 0.0850. The maximum Gasteiger partial charge on any atom is 0.128 e. The highest BCUT2D eigenvalue weighted by atomic mass is 28.3. The van der Waals surface area contributed by atoms with Gasteiger partial charge in [0.05, 0.1) is 0 Å². The summed E-state index contributed by atoms with van der Waals surface area (Å²) in [5, 5.41) is 3.18. The smallest absolute Gasteiger partial charge is 0.0733 e. The molecule has 0 amide bonds. The Labute approximate surface area is 167 Å². The van der Waals surface area contributed by atoms with E-state index in [0.29, 0.717) is 0 Å². The Morgan fingerprint density at radius 3 is 1.30 bits per heavy atom. The molecule has 2 aromatic rings. The second-order valence-electron chi connectivity index (χ2n) is 9.16. The molecule has 0 fully saturated rings. The molecule has 0 nitrogen and oxygen atoms in total. The Morgan fingerprint density at radius 1 is 0.630 bits per heavy atom. The highest BCUT2D eigenvalue weighted by molar-refractivity contribution is 7.04. The summed E-state index contributed by atoms with van der Waals surface area (Å²) in [6.07, 6.45) is 2.57. The Kier molecular flexibility index (Phi) is 4.89. The lowest BCUT2D eigenvalue weighted by atomic mass is 10.0. The molecule has 0 heterocycles. The molecule has 0 radical (unpaired) electrons. The summed E-state index contributed by atoms with van der Waals surface area (Å²) < 4.78 is 0. The third-order valence-corrected chi connectivity index (χ3v) is 12.6. The molecule has 0 aliphatic heterocycles. The predicted molar refractivity (Wildman–Crippen MR) is 123 cm³/mol. The van der Waals surface area contributed by atoms with Crippen molar-refractivity contribution in [2.45, 2.75) is 67.0 Å².